The van der Waals surface area contributed by atoms with Gasteiger partial charge in [-0.25, -0.2) is 0 Å². The van der Waals surface area contributed by atoms with Crippen LogP contribution in [0.4, 0.5) is 10.5 Å². The zero-order valence-electron chi connectivity index (χ0n) is 19.3. The summed E-state index contributed by atoms with van der Waals surface area (Å²) in [5.41, 5.74) is 2.38. The van der Waals surface area contributed by atoms with Gasteiger partial charge in [0.15, 0.2) is 0 Å². The van der Waals surface area contributed by atoms with Gasteiger partial charge in [0.1, 0.15) is 24.7 Å². The molecule has 0 aliphatic carbocycles. The molecule has 3 amide bonds. The number of anilines is 1. The third kappa shape index (κ3) is 7.38. The largest absolute Gasteiger partial charge is 0.497 e. The van der Waals surface area contributed by atoms with Crippen LogP contribution in [0.2, 0.25) is 0 Å². The monoisotopic (exact) mass is 852 g/mol. The molecule has 3 aromatic carbocycles. The predicted molar refractivity (Wildman–Crippen MR) is 170 cm³/mol. The zero-order chi connectivity index (χ0) is 26.5. The number of nitrogens with one attached hydrogen (secondary N) is 1. The Bertz CT molecular complexity index is 1350. The van der Waals surface area contributed by atoms with Crippen LogP contribution < -0.4 is 14.8 Å². The molecule has 7 nitrogen and oxygen atoms in total. The van der Waals surface area contributed by atoms with E-state index < -0.39 is 17.1 Å². The Morgan fingerprint density at radius 2 is 1.65 bits per heavy atom. The standard InChI is InChI=1S/C26H19I3N2O5S/c1-35-19-8-6-18(7-9-19)30-23(32)13-31-25(33)22(37-26(31)34)12-16-10-20(28)24(21(29)11-16)36-14-15-2-4-17(27)5-3-15/h2-12H,13-14H2,1H3,(H,30,32)/b22-12+. The van der Waals surface area contributed by atoms with Crippen molar-refractivity contribution in [2.75, 3.05) is 19.0 Å². The highest BCUT2D eigenvalue weighted by molar-refractivity contribution is 14.1. The number of carbonyl (C=O) groups is 3. The van der Waals surface area contributed by atoms with Crippen LogP contribution in [0.15, 0.2) is 65.6 Å². The molecule has 3 aromatic rings. The van der Waals surface area contributed by atoms with Gasteiger partial charge >= 0.3 is 0 Å². The van der Waals surface area contributed by atoms with Crippen LogP contribution >= 0.6 is 79.5 Å². The maximum atomic E-state index is 12.9. The van der Waals surface area contributed by atoms with Gasteiger partial charge in [0.05, 0.1) is 19.2 Å². The van der Waals surface area contributed by atoms with Crippen LogP contribution in [-0.4, -0.2) is 35.6 Å². The maximum Gasteiger partial charge on any atom is 0.294 e. The molecule has 1 fully saturated rings. The topological polar surface area (TPSA) is 84.9 Å². The van der Waals surface area contributed by atoms with Crippen molar-refractivity contribution in [3.63, 3.8) is 0 Å². The van der Waals surface area contributed by atoms with Crippen molar-refractivity contribution in [1.29, 1.82) is 0 Å². The third-order valence-electron chi connectivity index (χ3n) is 5.16. The lowest BCUT2D eigenvalue weighted by Crippen LogP contribution is -2.36. The number of hydrogen-bond donors (Lipinski definition) is 1. The minimum Gasteiger partial charge on any atom is -0.497 e. The molecular formula is C26H19I3N2O5S. The quantitative estimate of drug-likeness (QED) is 0.199. The first-order chi connectivity index (χ1) is 17.7. The molecule has 0 bridgehead atoms. The van der Waals surface area contributed by atoms with E-state index in [1.165, 1.54) is 0 Å². The average molecular weight is 852 g/mol. The van der Waals surface area contributed by atoms with Crippen molar-refractivity contribution in [3.05, 3.63) is 87.4 Å². The highest BCUT2D eigenvalue weighted by Gasteiger charge is 2.36. The first-order valence-electron chi connectivity index (χ1n) is 10.8. The molecular weight excluding hydrogens is 833 g/mol. The zero-order valence-corrected chi connectivity index (χ0v) is 26.6. The maximum absolute atomic E-state index is 12.9. The molecule has 1 heterocycles. The number of nitrogens with zero attached hydrogens (tertiary/aromatic N) is 1. The fraction of sp³-hybridized carbons (Fsp3) is 0.115. The number of rotatable bonds is 8. The van der Waals surface area contributed by atoms with E-state index in [4.69, 9.17) is 9.47 Å². The number of methoxy groups -OCH3 is 1. The molecule has 1 saturated heterocycles. The minimum atomic E-state index is -0.496. The number of benzene rings is 3. The van der Waals surface area contributed by atoms with Crippen LogP contribution in [0.5, 0.6) is 11.5 Å². The fourth-order valence-electron chi connectivity index (χ4n) is 3.34. The molecule has 0 atom stereocenters. The van der Waals surface area contributed by atoms with Gasteiger partial charge < -0.3 is 14.8 Å². The normalized spacial score (nSPS) is 14.3. The molecule has 190 valence electrons. The summed E-state index contributed by atoms with van der Waals surface area (Å²) in [6.07, 6.45) is 1.67. The molecule has 1 N–H and O–H groups in total. The lowest BCUT2D eigenvalue weighted by atomic mass is 10.2. The number of carbonyl (C=O) groups excluding carboxylic acids is 3. The molecule has 0 unspecified atom stereocenters. The van der Waals surface area contributed by atoms with Crippen molar-refractivity contribution in [2.45, 2.75) is 6.61 Å². The van der Waals surface area contributed by atoms with Gasteiger partial charge in [-0.1, -0.05) is 12.1 Å². The highest BCUT2D eigenvalue weighted by Crippen LogP contribution is 2.35. The first-order valence-corrected chi connectivity index (χ1v) is 14.8. The van der Waals surface area contributed by atoms with Crippen molar-refractivity contribution < 1.29 is 23.9 Å². The Labute approximate surface area is 259 Å². The van der Waals surface area contributed by atoms with Crippen LogP contribution in [-0.2, 0) is 16.2 Å². The second kappa shape index (κ2) is 12.8. The minimum absolute atomic E-state index is 0.265. The number of ether oxygens (including phenoxy) is 2. The number of hydrogen-bond acceptors (Lipinski definition) is 6. The van der Waals surface area contributed by atoms with Gasteiger partial charge in [-0.05, 0) is 145 Å². The number of halogens is 3. The molecule has 0 saturated carbocycles. The highest BCUT2D eigenvalue weighted by atomic mass is 127. The number of imide groups is 1. The number of thioether (sulfide) groups is 1. The van der Waals surface area contributed by atoms with Gasteiger partial charge in [0, 0.05) is 9.26 Å². The van der Waals surface area contributed by atoms with E-state index in [1.807, 2.05) is 36.4 Å². The molecule has 1 aliphatic heterocycles. The van der Waals surface area contributed by atoms with E-state index in [-0.39, 0.29) is 11.4 Å². The summed E-state index contributed by atoms with van der Waals surface area (Å²) in [6, 6.07) is 18.7. The molecule has 1 aliphatic rings. The lowest BCUT2D eigenvalue weighted by molar-refractivity contribution is -0.127. The van der Waals surface area contributed by atoms with Crippen molar-refractivity contribution in [1.82, 2.24) is 4.90 Å². The second-order valence-corrected chi connectivity index (χ2v) is 12.3. The summed E-state index contributed by atoms with van der Waals surface area (Å²) in [4.78, 5) is 39.1. The molecule has 37 heavy (non-hydrogen) atoms. The fourth-order valence-corrected chi connectivity index (χ4v) is 6.67. The predicted octanol–water partition coefficient (Wildman–Crippen LogP) is 6.76. The Kier molecular flexibility index (Phi) is 9.74. The third-order valence-corrected chi connectivity index (χ3v) is 8.39. The average Bonchev–Trinajstić information content (AvgIpc) is 3.12. The summed E-state index contributed by atoms with van der Waals surface area (Å²) in [5, 5.41) is 2.20. The Balaban J connectivity index is 1.41. The molecule has 0 spiro atoms. The molecule has 0 aromatic heterocycles. The molecule has 11 heteroatoms. The van der Waals surface area contributed by atoms with Gasteiger partial charge in [-0.2, -0.15) is 0 Å². The summed E-state index contributed by atoms with van der Waals surface area (Å²) in [5.74, 6) is 0.459. The molecule has 0 radical (unpaired) electrons. The molecule has 4 rings (SSSR count). The van der Waals surface area contributed by atoms with E-state index in [0.717, 1.165) is 44.2 Å². The van der Waals surface area contributed by atoms with Crippen molar-refractivity contribution in [2.24, 2.45) is 0 Å². The summed E-state index contributed by atoms with van der Waals surface area (Å²) >= 11 is 7.48. The lowest BCUT2D eigenvalue weighted by Gasteiger charge is -2.13. The van der Waals surface area contributed by atoms with E-state index in [2.05, 4.69) is 73.1 Å². The first kappa shape index (κ1) is 28.2. The summed E-state index contributed by atoms with van der Waals surface area (Å²) < 4.78 is 14.1. The summed E-state index contributed by atoms with van der Waals surface area (Å²) in [7, 11) is 1.55. The van der Waals surface area contributed by atoms with E-state index >= 15 is 0 Å². The van der Waals surface area contributed by atoms with Gasteiger partial charge in [-0.15, -0.1) is 0 Å². The summed E-state index contributed by atoms with van der Waals surface area (Å²) in [6.45, 7) is 0.0775. The van der Waals surface area contributed by atoms with Crippen LogP contribution in [0.1, 0.15) is 11.1 Å². The Morgan fingerprint density at radius 1 is 1.00 bits per heavy atom. The van der Waals surface area contributed by atoms with E-state index in [9.17, 15) is 14.4 Å². The number of amides is 3. The smallest absolute Gasteiger partial charge is 0.294 e. The van der Waals surface area contributed by atoms with Crippen LogP contribution in [0.3, 0.4) is 0 Å². The second-order valence-electron chi connectivity index (χ2n) is 7.77. The van der Waals surface area contributed by atoms with Crippen LogP contribution in [0, 0.1) is 10.7 Å². The van der Waals surface area contributed by atoms with Gasteiger partial charge in [-0.3, -0.25) is 19.3 Å². The Hall–Kier alpha value is -1.85. The van der Waals surface area contributed by atoms with Crippen molar-refractivity contribution >= 4 is 108 Å². The SMILES string of the molecule is COc1ccc(NC(=O)CN2C(=O)S/C(=C/c3cc(I)c(OCc4ccc(I)cc4)c(I)c3)C2=O)cc1. The van der Waals surface area contributed by atoms with E-state index in [1.54, 1.807) is 37.5 Å². The van der Waals surface area contributed by atoms with Crippen molar-refractivity contribution in [3.8, 4) is 11.5 Å². The van der Waals surface area contributed by atoms with E-state index in [0.29, 0.717) is 18.0 Å². The van der Waals surface area contributed by atoms with Gasteiger partial charge in [0.25, 0.3) is 11.1 Å². The van der Waals surface area contributed by atoms with Crippen LogP contribution in [0.25, 0.3) is 6.08 Å². The Morgan fingerprint density at radius 3 is 2.27 bits per heavy atom. The van der Waals surface area contributed by atoms with Gasteiger partial charge in [0.2, 0.25) is 5.91 Å².